The van der Waals surface area contributed by atoms with Gasteiger partial charge in [-0.05, 0) is 99.8 Å². The Labute approximate surface area is 347 Å². The van der Waals surface area contributed by atoms with Crippen LogP contribution in [0.4, 0.5) is 0 Å². The Morgan fingerprint density at radius 3 is 1.36 bits per heavy atom. The maximum absolute atomic E-state index is 5.98. The SMILES string of the molecule is C1CC2(COC3(OC2)OCC2(CCC4OC4C2)CO3)CC2OC12.CC1(C2CCC3(C)OC3C2)CO1.c1cc(C2CO2)cc(C2CO2)c1.c1cc(C2CO2)ccc1C1CO1. The third-order valence-electron chi connectivity index (χ3n) is 15.4. The highest BCUT2D eigenvalue weighted by atomic mass is 17.0. The number of fused-ring (bicyclic) bond motifs is 3. The smallest absolute Gasteiger partial charge is 0.370 e. The van der Waals surface area contributed by atoms with Gasteiger partial charge in [0.1, 0.15) is 24.4 Å². The Balaban J connectivity index is 0.0000000900. The minimum Gasteiger partial charge on any atom is -0.370 e. The van der Waals surface area contributed by atoms with Crippen LogP contribution in [0.3, 0.4) is 0 Å². The molecule has 13 fully saturated rings. The predicted octanol–water partition coefficient (Wildman–Crippen LogP) is 6.96. The number of ether oxygens (including phenoxy) is 12. The van der Waals surface area contributed by atoms with Crippen molar-refractivity contribution in [2.75, 3.05) is 59.5 Å². The van der Waals surface area contributed by atoms with E-state index in [4.69, 9.17) is 56.8 Å². The molecular weight excluding hydrogens is 757 g/mol. The minimum absolute atomic E-state index is 0.0880. The number of hydrogen-bond acceptors (Lipinski definition) is 12. The molecule has 12 unspecified atom stereocenters. The number of benzene rings is 2. The van der Waals surface area contributed by atoms with Gasteiger partial charge in [0.05, 0.1) is 101 Å². The zero-order valence-electron chi connectivity index (χ0n) is 34.5. The molecule has 2 aromatic rings. The summed E-state index contributed by atoms with van der Waals surface area (Å²) < 4.78 is 67.1. The molecule has 320 valence electrons. The highest BCUT2D eigenvalue weighted by Crippen LogP contribution is 2.55. The zero-order valence-corrected chi connectivity index (χ0v) is 34.5. The molecule has 10 heterocycles. The molecule has 0 amide bonds. The van der Waals surface area contributed by atoms with Crippen molar-refractivity contribution in [2.45, 2.75) is 144 Å². The standard InChI is InChI=1S/C17H24O6.C10H16O2.2C10H10O2/c1-3-15(5-13-11(1)22-13)7-18-17(19-8-15)20-9-16(10-21-17)4-2-12-14(6-16)23-12;1-9-4-3-7(5-8(9)12-9)10(2)6-11-10;1-2-8(10-6-12-10)4-3-7(1)9-5-11-9;1-2-7(9-5-11-9)4-8(3-1)10-6-12-10/h11-14H,1-10H2;7-8H,3-6H2,1-2H3;2*1-4,9-10H,5-6H2. The van der Waals surface area contributed by atoms with Crippen molar-refractivity contribution in [3.63, 3.8) is 0 Å². The molecule has 3 spiro atoms. The van der Waals surface area contributed by atoms with Crippen molar-refractivity contribution in [1.82, 2.24) is 0 Å². The van der Waals surface area contributed by atoms with Gasteiger partial charge >= 0.3 is 6.16 Å². The molecule has 12 heteroatoms. The van der Waals surface area contributed by atoms with Crippen LogP contribution in [0, 0.1) is 16.7 Å². The summed E-state index contributed by atoms with van der Waals surface area (Å²) in [4.78, 5) is 0. The van der Waals surface area contributed by atoms with Gasteiger partial charge in [-0.3, -0.25) is 0 Å². The first kappa shape index (κ1) is 38.6. The fraction of sp³-hybridized carbons (Fsp3) is 0.745. The molecule has 0 N–H and O–H groups in total. The van der Waals surface area contributed by atoms with Gasteiger partial charge in [0.25, 0.3) is 0 Å². The Morgan fingerprint density at radius 2 is 0.949 bits per heavy atom. The molecule has 3 aliphatic carbocycles. The van der Waals surface area contributed by atoms with E-state index < -0.39 is 6.16 Å². The lowest BCUT2D eigenvalue weighted by Gasteiger charge is -2.50. The van der Waals surface area contributed by atoms with E-state index in [2.05, 4.69) is 62.4 Å². The van der Waals surface area contributed by atoms with E-state index in [1.807, 2.05) is 0 Å². The minimum atomic E-state index is -1.26. The van der Waals surface area contributed by atoms with Gasteiger partial charge < -0.3 is 56.8 Å². The summed E-state index contributed by atoms with van der Waals surface area (Å²) in [7, 11) is 0. The number of hydrogen-bond donors (Lipinski definition) is 0. The average Bonchev–Trinajstić information content (AvgIpc) is 4.06. The lowest BCUT2D eigenvalue weighted by molar-refractivity contribution is -0.548. The second kappa shape index (κ2) is 14.5. The van der Waals surface area contributed by atoms with Crippen molar-refractivity contribution in [1.29, 1.82) is 0 Å². The van der Waals surface area contributed by atoms with Crippen molar-refractivity contribution in [3.05, 3.63) is 70.8 Å². The summed E-state index contributed by atoms with van der Waals surface area (Å²) >= 11 is 0. The first-order valence-corrected chi connectivity index (χ1v) is 22.5. The van der Waals surface area contributed by atoms with Crippen LogP contribution in [0.2, 0.25) is 0 Å². The molecule has 15 rings (SSSR count). The lowest BCUT2D eigenvalue weighted by atomic mass is 9.74. The number of rotatable bonds is 5. The molecule has 59 heavy (non-hydrogen) atoms. The van der Waals surface area contributed by atoms with Crippen LogP contribution in [0.15, 0.2) is 48.5 Å². The highest BCUT2D eigenvalue weighted by molar-refractivity contribution is 5.30. The van der Waals surface area contributed by atoms with Crippen LogP contribution in [-0.2, 0) is 56.8 Å². The largest absolute Gasteiger partial charge is 0.412 e. The van der Waals surface area contributed by atoms with Crippen LogP contribution in [0.25, 0.3) is 0 Å². The van der Waals surface area contributed by atoms with Crippen molar-refractivity contribution >= 4 is 0 Å². The normalized spacial score (nSPS) is 49.2. The average molecular weight is 817 g/mol. The van der Waals surface area contributed by atoms with Gasteiger partial charge in [-0.15, -0.1) is 0 Å². The van der Waals surface area contributed by atoms with Crippen molar-refractivity contribution < 1.29 is 56.8 Å². The first-order chi connectivity index (χ1) is 28.7. The zero-order chi connectivity index (χ0) is 39.5. The van der Waals surface area contributed by atoms with Crippen LogP contribution in [0.1, 0.15) is 118 Å². The summed E-state index contributed by atoms with van der Waals surface area (Å²) in [5.41, 5.74) is 5.84. The summed E-state index contributed by atoms with van der Waals surface area (Å²) in [6.45, 7) is 11.6. The fourth-order valence-electron chi connectivity index (χ4n) is 10.4. The van der Waals surface area contributed by atoms with Crippen LogP contribution in [0.5, 0.6) is 0 Å². The fourth-order valence-corrected chi connectivity index (χ4v) is 10.4. The molecular formula is C47H60O12. The summed E-state index contributed by atoms with van der Waals surface area (Å²) in [5.74, 6) is 0.762. The van der Waals surface area contributed by atoms with E-state index >= 15 is 0 Å². The van der Waals surface area contributed by atoms with Gasteiger partial charge in [-0.25, -0.2) is 0 Å². The van der Waals surface area contributed by atoms with E-state index in [1.165, 1.54) is 41.5 Å². The second-order valence-electron chi connectivity index (χ2n) is 20.2. The molecule has 2 aromatic carbocycles. The topological polar surface area (TPSA) is 137 Å². The third kappa shape index (κ3) is 8.56. The Kier molecular flexibility index (Phi) is 9.49. The molecule has 12 nitrogen and oxygen atoms in total. The van der Waals surface area contributed by atoms with Crippen molar-refractivity contribution in [3.8, 4) is 0 Å². The van der Waals surface area contributed by atoms with Gasteiger partial charge in [-0.1, -0.05) is 48.5 Å². The molecule has 0 bridgehead atoms. The van der Waals surface area contributed by atoms with Crippen LogP contribution >= 0.6 is 0 Å². The number of epoxide rings is 8. The van der Waals surface area contributed by atoms with Gasteiger partial charge in [0.15, 0.2) is 0 Å². The summed E-state index contributed by atoms with van der Waals surface area (Å²) in [5, 5.41) is 0. The van der Waals surface area contributed by atoms with Gasteiger partial charge in [0.2, 0.25) is 0 Å². The maximum Gasteiger partial charge on any atom is 0.412 e. The van der Waals surface area contributed by atoms with E-state index in [0.717, 1.165) is 77.5 Å². The summed E-state index contributed by atoms with van der Waals surface area (Å²) in [6.07, 6.45) is 12.9. The molecule has 10 aliphatic heterocycles. The van der Waals surface area contributed by atoms with Gasteiger partial charge in [-0.2, -0.15) is 0 Å². The van der Waals surface area contributed by atoms with E-state index in [-0.39, 0.29) is 22.0 Å². The van der Waals surface area contributed by atoms with E-state index in [0.29, 0.717) is 81.4 Å². The first-order valence-electron chi connectivity index (χ1n) is 22.5. The highest BCUT2D eigenvalue weighted by Gasteiger charge is 2.61. The molecule has 0 aromatic heterocycles. The monoisotopic (exact) mass is 816 g/mol. The van der Waals surface area contributed by atoms with Gasteiger partial charge in [0, 0.05) is 10.8 Å². The van der Waals surface area contributed by atoms with Crippen LogP contribution in [-0.4, -0.2) is 107 Å². The lowest BCUT2D eigenvalue weighted by Crippen LogP contribution is -2.59. The van der Waals surface area contributed by atoms with Crippen molar-refractivity contribution in [2.24, 2.45) is 16.7 Å². The van der Waals surface area contributed by atoms with Crippen LogP contribution < -0.4 is 0 Å². The predicted molar refractivity (Wildman–Crippen MR) is 209 cm³/mol. The summed E-state index contributed by atoms with van der Waals surface area (Å²) in [6, 6.07) is 17.0. The Bertz CT molecular complexity index is 1730. The van der Waals surface area contributed by atoms with E-state index in [1.54, 1.807) is 0 Å². The Morgan fingerprint density at radius 1 is 0.492 bits per heavy atom. The molecule has 0 radical (unpaired) electrons. The maximum atomic E-state index is 5.98. The second-order valence-corrected chi connectivity index (χ2v) is 20.2. The molecule has 3 saturated carbocycles. The third-order valence-corrected chi connectivity index (χ3v) is 15.4. The quantitative estimate of drug-likeness (QED) is 0.289. The van der Waals surface area contributed by atoms with E-state index in [9.17, 15) is 0 Å². The molecule has 10 saturated heterocycles. The molecule has 13 aliphatic rings. The molecule has 12 atom stereocenters. The Hall–Kier alpha value is -2.04.